The van der Waals surface area contributed by atoms with Crippen molar-refractivity contribution in [1.82, 2.24) is 4.31 Å². The third-order valence-electron chi connectivity index (χ3n) is 4.02. The van der Waals surface area contributed by atoms with Gasteiger partial charge in [0.15, 0.2) is 0 Å². The Balaban J connectivity index is 1.99. The molecule has 23 heavy (non-hydrogen) atoms. The van der Waals surface area contributed by atoms with Gasteiger partial charge >= 0.3 is 0 Å². The Kier molecular flexibility index (Phi) is 5.74. The minimum Gasteiger partial charge on any atom is -0.326 e. The first kappa shape index (κ1) is 17.4. The van der Waals surface area contributed by atoms with Crippen LogP contribution in [0.5, 0.6) is 0 Å². The van der Waals surface area contributed by atoms with Gasteiger partial charge in [-0.1, -0.05) is 12.1 Å². The number of nitriles is 1. The number of carbonyl (C=O) groups is 1. The van der Waals surface area contributed by atoms with E-state index in [-0.39, 0.29) is 24.1 Å². The van der Waals surface area contributed by atoms with Crippen molar-refractivity contribution in [3.05, 3.63) is 29.8 Å². The van der Waals surface area contributed by atoms with E-state index < -0.39 is 10.0 Å². The van der Waals surface area contributed by atoms with Gasteiger partial charge in [0.05, 0.1) is 24.2 Å². The average molecular weight is 335 g/mol. The van der Waals surface area contributed by atoms with Crippen LogP contribution in [0.3, 0.4) is 0 Å². The van der Waals surface area contributed by atoms with E-state index in [1.54, 1.807) is 31.2 Å². The van der Waals surface area contributed by atoms with Crippen LogP contribution in [0, 0.1) is 17.2 Å². The molecule has 1 aromatic rings. The van der Waals surface area contributed by atoms with Crippen molar-refractivity contribution in [1.29, 1.82) is 5.26 Å². The van der Waals surface area contributed by atoms with Crippen LogP contribution < -0.4 is 5.32 Å². The largest absolute Gasteiger partial charge is 0.326 e. The van der Waals surface area contributed by atoms with Crippen molar-refractivity contribution in [3.8, 4) is 6.07 Å². The van der Waals surface area contributed by atoms with Gasteiger partial charge in [0, 0.05) is 18.8 Å². The molecule has 1 fully saturated rings. The summed E-state index contributed by atoms with van der Waals surface area (Å²) in [6, 6.07) is 9.18. The second kappa shape index (κ2) is 7.57. The predicted octanol–water partition coefficient (Wildman–Crippen LogP) is 1.75. The van der Waals surface area contributed by atoms with Crippen LogP contribution in [0.2, 0.25) is 0 Å². The van der Waals surface area contributed by atoms with Crippen molar-refractivity contribution in [3.63, 3.8) is 0 Å². The maximum Gasteiger partial charge on any atom is 0.228 e. The van der Waals surface area contributed by atoms with Crippen molar-refractivity contribution >= 4 is 21.6 Å². The molecular weight excluding hydrogens is 314 g/mol. The van der Waals surface area contributed by atoms with Crippen LogP contribution in [0.15, 0.2) is 24.3 Å². The summed E-state index contributed by atoms with van der Waals surface area (Å²) in [7, 11) is -3.25. The molecular formula is C16H21N3O3S. The maximum atomic E-state index is 12.4. The Morgan fingerprint density at radius 2 is 2.09 bits per heavy atom. The van der Waals surface area contributed by atoms with Crippen LogP contribution in [-0.4, -0.2) is 37.5 Å². The molecule has 1 amide bonds. The monoisotopic (exact) mass is 335 g/mol. The Hall–Kier alpha value is -1.91. The van der Waals surface area contributed by atoms with Crippen molar-refractivity contribution < 1.29 is 13.2 Å². The second-order valence-electron chi connectivity index (χ2n) is 5.62. The molecule has 0 saturated carbocycles. The summed E-state index contributed by atoms with van der Waals surface area (Å²) in [5, 5.41) is 11.5. The Morgan fingerprint density at radius 3 is 2.70 bits per heavy atom. The molecule has 1 aliphatic heterocycles. The van der Waals surface area contributed by atoms with Gasteiger partial charge in [0.25, 0.3) is 0 Å². The average Bonchev–Trinajstić information content (AvgIpc) is 2.57. The lowest BCUT2D eigenvalue weighted by molar-refractivity contribution is -0.120. The fourth-order valence-electron chi connectivity index (χ4n) is 2.63. The molecule has 0 spiro atoms. The smallest absolute Gasteiger partial charge is 0.228 e. The molecule has 1 aromatic carbocycles. The third kappa shape index (κ3) is 4.53. The topological polar surface area (TPSA) is 90.3 Å². The van der Waals surface area contributed by atoms with Gasteiger partial charge in [0.1, 0.15) is 0 Å². The minimum atomic E-state index is -3.25. The number of benzene rings is 1. The number of amides is 1. The number of sulfonamides is 1. The highest BCUT2D eigenvalue weighted by Crippen LogP contribution is 2.21. The van der Waals surface area contributed by atoms with E-state index >= 15 is 0 Å². The van der Waals surface area contributed by atoms with E-state index in [1.807, 2.05) is 0 Å². The summed E-state index contributed by atoms with van der Waals surface area (Å²) in [5.74, 6) is -0.431. The van der Waals surface area contributed by atoms with Crippen LogP contribution in [0.1, 0.15) is 25.3 Å². The van der Waals surface area contributed by atoms with Gasteiger partial charge in [-0.05, 0) is 37.5 Å². The van der Waals surface area contributed by atoms with E-state index in [0.29, 0.717) is 31.5 Å². The zero-order valence-corrected chi connectivity index (χ0v) is 14.0. The van der Waals surface area contributed by atoms with E-state index in [0.717, 1.165) is 5.56 Å². The molecule has 7 heteroatoms. The number of hydrogen-bond donors (Lipinski definition) is 1. The fourth-order valence-corrected chi connectivity index (χ4v) is 3.81. The third-order valence-corrected chi connectivity index (χ3v) is 5.87. The van der Waals surface area contributed by atoms with Crippen LogP contribution in [0.25, 0.3) is 0 Å². The lowest BCUT2D eigenvalue weighted by Gasteiger charge is -2.30. The highest BCUT2D eigenvalue weighted by Gasteiger charge is 2.31. The number of hydrogen-bond acceptors (Lipinski definition) is 4. The predicted molar refractivity (Wildman–Crippen MR) is 88.1 cm³/mol. The van der Waals surface area contributed by atoms with Crippen LogP contribution >= 0.6 is 0 Å². The van der Waals surface area contributed by atoms with E-state index in [9.17, 15) is 13.2 Å². The summed E-state index contributed by atoms with van der Waals surface area (Å²) in [6.07, 6.45) is 1.72. The molecule has 124 valence electrons. The van der Waals surface area contributed by atoms with Crippen molar-refractivity contribution in [2.45, 2.75) is 26.2 Å². The minimum absolute atomic E-state index is 0.0572. The second-order valence-corrected chi connectivity index (χ2v) is 7.88. The van der Waals surface area contributed by atoms with E-state index in [4.69, 9.17) is 5.26 Å². The number of nitrogens with one attached hydrogen (secondary N) is 1. The summed E-state index contributed by atoms with van der Waals surface area (Å²) in [6.45, 7) is 2.35. The lowest BCUT2D eigenvalue weighted by Crippen LogP contribution is -2.44. The molecule has 6 nitrogen and oxygen atoms in total. The highest BCUT2D eigenvalue weighted by atomic mass is 32.2. The molecule has 2 rings (SSSR count). The molecule has 0 radical (unpaired) electrons. The molecule has 1 aliphatic rings. The van der Waals surface area contributed by atoms with Gasteiger partial charge in [-0.15, -0.1) is 0 Å². The van der Waals surface area contributed by atoms with Gasteiger partial charge in [-0.25, -0.2) is 12.7 Å². The standard InChI is InChI=1S/C16H21N3O3S/c1-2-23(21,22)19-11-3-4-14(12-19)16(20)18-15-7-5-13(6-8-15)9-10-17/h5-8,14H,2-4,9,11-12H2,1H3,(H,18,20)/t14-/m0/s1. The first-order valence-corrected chi connectivity index (χ1v) is 9.31. The Morgan fingerprint density at radius 1 is 1.39 bits per heavy atom. The zero-order chi connectivity index (χ0) is 16.9. The number of nitrogens with zero attached hydrogens (tertiary/aromatic N) is 2. The van der Waals surface area contributed by atoms with Crippen molar-refractivity contribution in [2.75, 3.05) is 24.2 Å². The van der Waals surface area contributed by atoms with Gasteiger partial charge in [0.2, 0.25) is 15.9 Å². The molecule has 0 unspecified atom stereocenters. The molecule has 0 aliphatic carbocycles. The number of piperidine rings is 1. The number of rotatable bonds is 5. The number of anilines is 1. The summed E-state index contributed by atoms with van der Waals surface area (Å²) >= 11 is 0. The van der Waals surface area contributed by atoms with Crippen molar-refractivity contribution in [2.24, 2.45) is 5.92 Å². The zero-order valence-electron chi connectivity index (χ0n) is 13.2. The Labute approximate surface area is 137 Å². The molecule has 0 bridgehead atoms. The molecule has 1 heterocycles. The summed E-state index contributed by atoms with van der Waals surface area (Å²) in [4.78, 5) is 12.4. The lowest BCUT2D eigenvalue weighted by atomic mass is 9.98. The van der Waals surface area contributed by atoms with Gasteiger partial charge in [-0.3, -0.25) is 4.79 Å². The molecule has 0 aromatic heterocycles. The maximum absolute atomic E-state index is 12.4. The number of carbonyl (C=O) groups excluding carboxylic acids is 1. The first-order valence-electron chi connectivity index (χ1n) is 7.71. The quantitative estimate of drug-likeness (QED) is 0.887. The summed E-state index contributed by atoms with van der Waals surface area (Å²) in [5.41, 5.74) is 1.55. The van der Waals surface area contributed by atoms with Crippen LogP contribution in [-0.2, 0) is 21.2 Å². The van der Waals surface area contributed by atoms with Gasteiger partial charge < -0.3 is 5.32 Å². The highest BCUT2D eigenvalue weighted by molar-refractivity contribution is 7.89. The SMILES string of the molecule is CCS(=O)(=O)N1CCC[C@H](C(=O)Nc2ccc(CC#N)cc2)C1. The summed E-state index contributed by atoms with van der Waals surface area (Å²) < 4.78 is 25.3. The Bertz CT molecular complexity index is 692. The normalized spacial score (nSPS) is 19.0. The fraction of sp³-hybridized carbons (Fsp3) is 0.500. The molecule has 1 saturated heterocycles. The van der Waals surface area contributed by atoms with E-state index in [1.165, 1.54) is 4.31 Å². The van der Waals surface area contributed by atoms with Crippen LogP contribution in [0.4, 0.5) is 5.69 Å². The van der Waals surface area contributed by atoms with E-state index in [2.05, 4.69) is 11.4 Å². The molecule has 1 atom stereocenters. The van der Waals surface area contributed by atoms with Gasteiger partial charge in [-0.2, -0.15) is 5.26 Å². The first-order chi connectivity index (χ1) is 11.0. The molecule has 1 N–H and O–H groups in total.